The standard InChI is InChI=1S/C17H26N2O/c1-17(2,19-9-4-3-5-10-19)16(18)14-6-7-15-13(12-14)8-11-20-15/h6-7,12,16H,3-5,8-11,18H2,1-2H3. The van der Waals surface area contributed by atoms with Crippen LogP contribution in [0.25, 0.3) is 0 Å². The molecule has 1 aromatic rings. The maximum absolute atomic E-state index is 6.62. The van der Waals surface area contributed by atoms with Crippen LogP contribution in [0, 0.1) is 0 Å². The predicted octanol–water partition coefficient (Wildman–Crippen LogP) is 2.89. The monoisotopic (exact) mass is 274 g/mol. The minimum atomic E-state index is 0.00805. The van der Waals surface area contributed by atoms with Crippen molar-refractivity contribution in [2.75, 3.05) is 19.7 Å². The number of hydrogen-bond donors (Lipinski definition) is 1. The van der Waals surface area contributed by atoms with Crippen molar-refractivity contribution in [3.8, 4) is 5.75 Å². The Morgan fingerprint density at radius 2 is 1.95 bits per heavy atom. The molecule has 2 N–H and O–H groups in total. The van der Waals surface area contributed by atoms with Crippen molar-refractivity contribution in [2.24, 2.45) is 5.73 Å². The van der Waals surface area contributed by atoms with E-state index in [0.717, 1.165) is 18.8 Å². The van der Waals surface area contributed by atoms with Crippen molar-refractivity contribution in [1.29, 1.82) is 0 Å². The van der Waals surface area contributed by atoms with Crippen LogP contribution < -0.4 is 10.5 Å². The van der Waals surface area contributed by atoms with Gasteiger partial charge in [-0.15, -0.1) is 0 Å². The molecule has 1 fully saturated rings. The molecule has 0 saturated carbocycles. The number of nitrogens with zero attached hydrogens (tertiary/aromatic N) is 1. The van der Waals surface area contributed by atoms with Crippen molar-refractivity contribution < 1.29 is 4.74 Å². The molecule has 1 aromatic carbocycles. The summed E-state index contributed by atoms with van der Waals surface area (Å²) in [6, 6.07) is 6.52. The minimum absolute atomic E-state index is 0.00805. The molecule has 0 bridgehead atoms. The van der Waals surface area contributed by atoms with Crippen LogP contribution in [0.1, 0.15) is 50.3 Å². The molecular weight excluding hydrogens is 248 g/mol. The maximum atomic E-state index is 6.62. The van der Waals surface area contributed by atoms with Crippen LogP contribution in [-0.2, 0) is 6.42 Å². The molecular formula is C17H26N2O. The smallest absolute Gasteiger partial charge is 0.122 e. The fourth-order valence-corrected chi connectivity index (χ4v) is 3.47. The number of ether oxygens (including phenoxy) is 1. The Balaban J connectivity index is 1.81. The Hall–Kier alpha value is -1.06. The summed E-state index contributed by atoms with van der Waals surface area (Å²) < 4.78 is 5.58. The third kappa shape index (κ3) is 2.45. The Bertz CT molecular complexity index is 478. The van der Waals surface area contributed by atoms with E-state index in [2.05, 4.69) is 36.9 Å². The summed E-state index contributed by atoms with van der Waals surface area (Å²) in [5, 5.41) is 0. The first-order valence-electron chi connectivity index (χ1n) is 7.85. The fourth-order valence-electron chi connectivity index (χ4n) is 3.47. The van der Waals surface area contributed by atoms with E-state index >= 15 is 0 Å². The van der Waals surface area contributed by atoms with Crippen LogP contribution >= 0.6 is 0 Å². The zero-order chi connectivity index (χ0) is 14.2. The molecule has 1 unspecified atom stereocenters. The SMILES string of the molecule is CC(C)(C(N)c1ccc2c(c1)CCO2)N1CCCCC1. The van der Waals surface area contributed by atoms with Crippen molar-refractivity contribution in [3.63, 3.8) is 0 Å². The minimum Gasteiger partial charge on any atom is -0.493 e. The first kappa shape index (κ1) is 13.9. The van der Waals surface area contributed by atoms with E-state index in [1.807, 2.05) is 0 Å². The Labute approximate surface area is 122 Å². The van der Waals surface area contributed by atoms with Gasteiger partial charge in [-0.2, -0.15) is 0 Å². The van der Waals surface area contributed by atoms with Gasteiger partial charge in [0.25, 0.3) is 0 Å². The van der Waals surface area contributed by atoms with Crippen molar-refractivity contribution in [2.45, 2.75) is 51.1 Å². The maximum Gasteiger partial charge on any atom is 0.122 e. The molecule has 110 valence electrons. The van der Waals surface area contributed by atoms with Gasteiger partial charge in [-0.25, -0.2) is 0 Å². The third-order valence-corrected chi connectivity index (χ3v) is 5.00. The summed E-state index contributed by atoms with van der Waals surface area (Å²) in [4.78, 5) is 2.56. The molecule has 3 heteroatoms. The zero-order valence-corrected chi connectivity index (χ0v) is 12.7. The summed E-state index contributed by atoms with van der Waals surface area (Å²) >= 11 is 0. The van der Waals surface area contributed by atoms with E-state index in [9.17, 15) is 0 Å². The van der Waals surface area contributed by atoms with E-state index in [0.29, 0.717) is 0 Å². The summed E-state index contributed by atoms with van der Waals surface area (Å²) in [6.45, 7) is 7.73. The van der Waals surface area contributed by atoms with Crippen LogP contribution in [0.5, 0.6) is 5.75 Å². The molecule has 1 saturated heterocycles. The van der Waals surface area contributed by atoms with Crippen LogP contribution in [0.2, 0.25) is 0 Å². The molecule has 0 radical (unpaired) electrons. The molecule has 0 amide bonds. The van der Waals surface area contributed by atoms with Gasteiger partial charge in [0.05, 0.1) is 6.61 Å². The van der Waals surface area contributed by atoms with Gasteiger partial charge in [0, 0.05) is 18.0 Å². The lowest BCUT2D eigenvalue weighted by Crippen LogP contribution is -2.53. The summed E-state index contributed by atoms with van der Waals surface area (Å²) in [5.41, 5.74) is 9.18. The molecule has 2 heterocycles. The molecule has 3 rings (SSSR count). The largest absolute Gasteiger partial charge is 0.493 e. The van der Waals surface area contributed by atoms with Crippen LogP contribution in [0.15, 0.2) is 18.2 Å². The normalized spacial score (nSPS) is 21.4. The predicted molar refractivity (Wildman–Crippen MR) is 82.1 cm³/mol. The van der Waals surface area contributed by atoms with Crippen LogP contribution in [-0.4, -0.2) is 30.1 Å². The number of nitrogens with two attached hydrogens (primary N) is 1. The fraction of sp³-hybridized carbons (Fsp3) is 0.647. The zero-order valence-electron chi connectivity index (χ0n) is 12.7. The molecule has 3 nitrogen and oxygen atoms in total. The number of fused-ring (bicyclic) bond motifs is 1. The molecule has 0 aromatic heterocycles. The number of rotatable bonds is 3. The van der Waals surface area contributed by atoms with Gasteiger partial charge in [-0.3, -0.25) is 4.90 Å². The van der Waals surface area contributed by atoms with Gasteiger partial charge in [0.1, 0.15) is 5.75 Å². The molecule has 0 aliphatic carbocycles. The van der Waals surface area contributed by atoms with Crippen LogP contribution in [0.3, 0.4) is 0 Å². The van der Waals surface area contributed by atoms with E-state index in [-0.39, 0.29) is 11.6 Å². The highest BCUT2D eigenvalue weighted by atomic mass is 16.5. The lowest BCUT2D eigenvalue weighted by molar-refractivity contribution is 0.0729. The van der Waals surface area contributed by atoms with Crippen molar-refractivity contribution in [3.05, 3.63) is 29.3 Å². The molecule has 2 aliphatic heterocycles. The summed E-state index contributed by atoms with van der Waals surface area (Å²) in [5.74, 6) is 1.04. The van der Waals surface area contributed by atoms with Gasteiger partial charge in [-0.05, 0) is 57.0 Å². The summed E-state index contributed by atoms with van der Waals surface area (Å²) in [6.07, 6.45) is 4.97. The number of benzene rings is 1. The molecule has 2 aliphatic rings. The molecule has 0 spiro atoms. The third-order valence-electron chi connectivity index (χ3n) is 5.00. The topological polar surface area (TPSA) is 38.5 Å². The lowest BCUT2D eigenvalue weighted by atomic mass is 9.85. The Morgan fingerprint density at radius 3 is 2.70 bits per heavy atom. The quantitative estimate of drug-likeness (QED) is 0.921. The van der Waals surface area contributed by atoms with Gasteiger partial charge >= 0.3 is 0 Å². The van der Waals surface area contributed by atoms with Gasteiger partial charge in [0.15, 0.2) is 0 Å². The van der Waals surface area contributed by atoms with E-state index in [1.54, 1.807) is 0 Å². The van der Waals surface area contributed by atoms with Crippen molar-refractivity contribution in [1.82, 2.24) is 4.90 Å². The van der Waals surface area contributed by atoms with E-state index in [1.165, 1.54) is 43.5 Å². The second kappa shape index (κ2) is 5.38. The van der Waals surface area contributed by atoms with Gasteiger partial charge in [-0.1, -0.05) is 18.6 Å². The number of piperidine rings is 1. The molecule has 20 heavy (non-hydrogen) atoms. The molecule has 1 atom stereocenters. The Morgan fingerprint density at radius 1 is 1.20 bits per heavy atom. The number of likely N-dealkylation sites (tertiary alicyclic amines) is 1. The number of hydrogen-bond acceptors (Lipinski definition) is 3. The Kier molecular flexibility index (Phi) is 3.74. The average molecular weight is 274 g/mol. The van der Waals surface area contributed by atoms with Gasteiger partial charge < -0.3 is 10.5 Å². The highest BCUT2D eigenvalue weighted by Gasteiger charge is 2.35. The van der Waals surface area contributed by atoms with Gasteiger partial charge in [0.2, 0.25) is 0 Å². The lowest BCUT2D eigenvalue weighted by Gasteiger charge is -2.44. The summed E-state index contributed by atoms with van der Waals surface area (Å²) in [7, 11) is 0. The highest BCUT2D eigenvalue weighted by Crippen LogP contribution is 2.34. The van der Waals surface area contributed by atoms with E-state index < -0.39 is 0 Å². The average Bonchev–Trinajstić information content (AvgIpc) is 2.94. The van der Waals surface area contributed by atoms with E-state index in [4.69, 9.17) is 10.5 Å². The second-order valence-corrected chi connectivity index (χ2v) is 6.64. The first-order valence-corrected chi connectivity index (χ1v) is 7.85. The van der Waals surface area contributed by atoms with Crippen molar-refractivity contribution >= 4 is 0 Å². The first-order chi connectivity index (χ1) is 9.59. The second-order valence-electron chi connectivity index (χ2n) is 6.64. The van der Waals surface area contributed by atoms with Crippen LogP contribution in [0.4, 0.5) is 0 Å². The highest BCUT2D eigenvalue weighted by molar-refractivity contribution is 5.41.